The van der Waals surface area contributed by atoms with E-state index in [1.807, 2.05) is 32.9 Å². The van der Waals surface area contributed by atoms with Gasteiger partial charge < -0.3 is 25.2 Å². The molecule has 3 fully saturated rings. The van der Waals surface area contributed by atoms with Crippen LogP contribution < -0.4 is 10.6 Å². The van der Waals surface area contributed by atoms with Crippen LogP contribution in [-0.4, -0.2) is 91.5 Å². The highest BCUT2D eigenvalue weighted by Crippen LogP contribution is 2.39. The molecule has 37 heavy (non-hydrogen) atoms. The number of primary amides is 1. The monoisotopic (exact) mass is 511 g/mol. The molecular formula is C26H37N7O4. The molecule has 3 aliphatic heterocycles. The molecule has 0 aromatic heterocycles. The first-order valence-corrected chi connectivity index (χ1v) is 12.9. The Bertz CT molecular complexity index is 1100. The first-order chi connectivity index (χ1) is 17.5. The van der Waals surface area contributed by atoms with Crippen molar-refractivity contribution in [3.63, 3.8) is 0 Å². The predicted molar refractivity (Wildman–Crippen MR) is 139 cm³/mol. The van der Waals surface area contributed by atoms with E-state index < -0.39 is 30.0 Å². The number of piperazine rings is 1. The molecule has 3 saturated heterocycles. The van der Waals surface area contributed by atoms with Gasteiger partial charge in [0.15, 0.2) is 5.78 Å². The van der Waals surface area contributed by atoms with Crippen molar-refractivity contribution in [3.8, 4) is 0 Å². The van der Waals surface area contributed by atoms with Gasteiger partial charge in [-0.3, -0.25) is 14.4 Å². The summed E-state index contributed by atoms with van der Waals surface area (Å²) in [5.41, 5.74) is 16.3. The molecule has 4 rings (SSSR count). The number of hydrogen-bond acceptors (Lipinski definition) is 7. The highest BCUT2D eigenvalue weighted by Gasteiger charge is 2.53. The zero-order valence-corrected chi connectivity index (χ0v) is 22.1. The molecule has 11 heteroatoms. The molecule has 11 nitrogen and oxygen atoms in total. The number of carbonyl (C=O) groups excluding carboxylic acids is 3. The average Bonchev–Trinajstić information content (AvgIpc) is 3.42. The SMILES string of the molecule is CCN1CCN(c2ccc(C(N)=O)c([C@H](CC(C)(C)C)C(=O)N3C[C@H](N=[N+]=[N-])[C@H]4OCC(=O)[C@H]43)c2)CC1. The van der Waals surface area contributed by atoms with Crippen LogP contribution in [0.4, 0.5) is 5.69 Å². The number of nitrogens with two attached hydrogens (primary N) is 1. The molecule has 0 saturated carbocycles. The van der Waals surface area contributed by atoms with Gasteiger partial charge in [-0.15, -0.1) is 0 Å². The molecule has 1 aromatic rings. The largest absolute Gasteiger partial charge is 0.369 e. The second-order valence-electron chi connectivity index (χ2n) is 11.3. The topological polar surface area (TPSA) is 145 Å². The Labute approximate surface area is 217 Å². The van der Waals surface area contributed by atoms with Gasteiger partial charge in [0.2, 0.25) is 11.8 Å². The first kappa shape index (κ1) is 26.9. The molecule has 3 heterocycles. The molecule has 3 aliphatic rings. The first-order valence-electron chi connectivity index (χ1n) is 12.9. The highest BCUT2D eigenvalue weighted by molar-refractivity contribution is 5.99. The summed E-state index contributed by atoms with van der Waals surface area (Å²) < 4.78 is 5.61. The molecule has 0 bridgehead atoms. The van der Waals surface area contributed by atoms with Crippen molar-refractivity contribution in [1.82, 2.24) is 9.80 Å². The lowest BCUT2D eigenvalue weighted by molar-refractivity contribution is -0.138. The maximum Gasteiger partial charge on any atom is 0.249 e. The van der Waals surface area contributed by atoms with E-state index in [9.17, 15) is 14.4 Å². The molecule has 0 spiro atoms. The number of nitrogens with zero attached hydrogens (tertiary/aromatic N) is 6. The summed E-state index contributed by atoms with van der Waals surface area (Å²) in [6.07, 6.45) is -0.215. The zero-order valence-electron chi connectivity index (χ0n) is 22.1. The molecule has 200 valence electrons. The second-order valence-corrected chi connectivity index (χ2v) is 11.3. The lowest BCUT2D eigenvalue weighted by Gasteiger charge is -2.36. The van der Waals surface area contributed by atoms with Crippen molar-refractivity contribution >= 4 is 23.3 Å². The third-order valence-electron chi connectivity index (χ3n) is 7.62. The van der Waals surface area contributed by atoms with Crippen LogP contribution >= 0.6 is 0 Å². The van der Waals surface area contributed by atoms with Crippen LogP contribution in [0.5, 0.6) is 0 Å². The van der Waals surface area contributed by atoms with E-state index in [4.69, 9.17) is 16.0 Å². The Kier molecular flexibility index (Phi) is 7.77. The van der Waals surface area contributed by atoms with Gasteiger partial charge >= 0.3 is 0 Å². The number of carbonyl (C=O) groups is 3. The summed E-state index contributed by atoms with van der Waals surface area (Å²) in [5.74, 6) is -1.80. The van der Waals surface area contributed by atoms with Crippen LogP contribution in [0, 0.1) is 5.41 Å². The number of likely N-dealkylation sites (N-methyl/N-ethyl adjacent to an activating group) is 1. The minimum absolute atomic E-state index is 0.0924. The number of likely N-dealkylation sites (tertiary alicyclic amines) is 1. The fraction of sp³-hybridized carbons (Fsp3) is 0.654. The van der Waals surface area contributed by atoms with Gasteiger partial charge in [-0.1, -0.05) is 32.8 Å². The highest BCUT2D eigenvalue weighted by atomic mass is 16.5. The van der Waals surface area contributed by atoms with E-state index in [1.54, 1.807) is 6.07 Å². The van der Waals surface area contributed by atoms with E-state index in [2.05, 4.69) is 26.7 Å². The summed E-state index contributed by atoms with van der Waals surface area (Å²) >= 11 is 0. The van der Waals surface area contributed by atoms with Gasteiger partial charge in [-0.25, -0.2) is 0 Å². The maximum atomic E-state index is 14.2. The molecule has 2 amide bonds. The van der Waals surface area contributed by atoms with Gasteiger partial charge in [0.1, 0.15) is 12.6 Å². The second kappa shape index (κ2) is 10.7. The lowest BCUT2D eigenvalue weighted by Crippen LogP contribution is -2.46. The minimum atomic E-state index is -0.798. The molecule has 4 atom stereocenters. The third kappa shape index (κ3) is 5.58. The number of rotatable bonds is 7. The van der Waals surface area contributed by atoms with Gasteiger partial charge in [0, 0.05) is 48.9 Å². The van der Waals surface area contributed by atoms with Crippen LogP contribution in [0.3, 0.4) is 0 Å². The summed E-state index contributed by atoms with van der Waals surface area (Å²) in [6, 6.07) is 4.08. The number of fused-ring (bicyclic) bond motifs is 1. The van der Waals surface area contributed by atoms with Gasteiger partial charge in [0.25, 0.3) is 0 Å². The van der Waals surface area contributed by atoms with Crippen molar-refractivity contribution in [2.75, 3.05) is 50.8 Å². The van der Waals surface area contributed by atoms with E-state index in [-0.39, 0.29) is 30.3 Å². The molecule has 2 N–H and O–H groups in total. The fourth-order valence-corrected chi connectivity index (χ4v) is 5.75. The number of ether oxygens (including phenoxy) is 1. The lowest BCUT2D eigenvalue weighted by atomic mass is 9.79. The smallest absolute Gasteiger partial charge is 0.249 e. The quantitative estimate of drug-likeness (QED) is 0.338. The predicted octanol–water partition coefficient (Wildman–Crippen LogP) is 2.30. The maximum absolute atomic E-state index is 14.2. The van der Waals surface area contributed by atoms with Gasteiger partial charge in [0.05, 0.1) is 18.1 Å². The Hall–Kier alpha value is -3.14. The molecule has 0 aliphatic carbocycles. The molecule has 0 unspecified atom stereocenters. The summed E-state index contributed by atoms with van der Waals surface area (Å²) in [5, 5.41) is 3.80. The number of amides is 2. The van der Waals surface area contributed by atoms with E-state index in [0.29, 0.717) is 17.5 Å². The number of anilines is 1. The Morgan fingerprint density at radius 3 is 2.54 bits per heavy atom. The van der Waals surface area contributed by atoms with Crippen LogP contribution in [0.2, 0.25) is 0 Å². The number of benzene rings is 1. The Balaban J connectivity index is 1.73. The summed E-state index contributed by atoms with van der Waals surface area (Å²) in [7, 11) is 0. The van der Waals surface area contributed by atoms with Crippen LogP contribution in [0.15, 0.2) is 23.3 Å². The zero-order chi connectivity index (χ0) is 26.9. The number of azide groups is 1. The van der Waals surface area contributed by atoms with E-state index in [0.717, 1.165) is 38.4 Å². The fourth-order valence-electron chi connectivity index (χ4n) is 5.75. The molecule has 1 aromatic carbocycles. The van der Waals surface area contributed by atoms with Crippen molar-refractivity contribution < 1.29 is 19.1 Å². The number of Topliss-reactive ketones (excluding diaryl/α,β-unsaturated/α-hetero) is 1. The van der Waals surface area contributed by atoms with Gasteiger partial charge in [-0.2, -0.15) is 0 Å². The standard InChI is InChI=1S/C26H37N7O4/c1-5-31-8-10-32(11-9-31)16-6-7-17(24(27)35)18(12-16)19(13-26(2,3)4)25(36)33-14-20(29-30-28)23-22(33)21(34)15-37-23/h6-7,12,19-20,22-23H,5,8-11,13-15H2,1-4H3,(H2,27,35)/t19-,20-,22+,23+/m0/s1. The Morgan fingerprint density at radius 2 is 1.95 bits per heavy atom. The number of ketones is 1. The van der Waals surface area contributed by atoms with Crippen molar-refractivity contribution in [3.05, 3.63) is 39.8 Å². The van der Waals surface area contributed by atoms with Crippen molar-refractivity contribution in [2.24, 2.45) is 16.3 Å². The van der Waals surface area contributed by atoms with Crippen LogP contribution in [-0.2, 0) is 14.3 Å². The average molecular weight is 512 g/mol. The van der Waals surface area contributed by atoms with Crippen molar-refractivity contribution in [2.45, 2.75) is 58.2 Å². The molecule has 0 radical (unpaired) electrons. The van der Waals surface area contributed by atoms with E-state index >= 15 is 0 Å². The summed E-state index contributed by atoms with van der Waals surface area (Å²) in [4.78, 5) is 48.5. The molecular weight excluding hydrogens is 474 g/mol. The third-order valence-corrected chi connectivity index (χ3v) is 7.62. The van der Waals surface area contributed by atoms with Crippen LogP contribution in [0.1, 0.15) is 56.0 Å². The summed E-state index contributed by atoms with van der Waals surface area (Å²) in [6.45, 7) is 12.8. The minimum Gasteiger partial charge on any atom is -0.369 e. The van der Waals surface area contributed by atoms with E-state index in [1.165, 1.54) is 4.90 Å². The van der Waals surface area contributed by atoms with Crippen molar-refractivity contribution in [1.29, 1.82) is 0 Å². The number of hydrogen-bond donors (Lipinski definition) is 1. The van der Waals surface area contributed by atoms with Crippen LogP contribution in [0.25, 0.3) is 10.4 Å². The Morgan fingerprint density at radius 1 is 1.24 bits per heavy atom. The normalized spacial score (nSPS) is 25.1. The van der Waals surface area contributed by atoms with Gasteiger partial charge in [-0.05, 0) is 47.7 Å².